The summed E-state index contributed by atoms with van der Waals surface area (Å²) in [5, 5.41) is 2.70. The Kier molecular flexibility index (Phi) is 7.73. The molecule has 2 aromatic rings. The highest BCUT2D eigenvalue weighted by Gasteiger charge is 2.46. The normalized spacial score (nSPS) is 17.9. The molecule has 2 heterocycles. The zero-order valence-corrected chi connectivity index (χ0v) is 16.7. The summed E-state index contributed by atoms with van der Waals surface area (Å²) in [5.74, 6) is -4.71. The quantitative estimate of drug-likeness (QED) is 0.751. The van der Waals surface area contributed by atoms with Crippen LogP contribution in [0.25, 0.3) is 0 Å². The second-order valence-corrected chi connectivity index (χ2v) is 6.94. The van der Waals surface area contributed by atoms with Crippen molar-refractivity contribution in [1.82, 2.24) is 9.88 Å². The number of hydrogen-bond donors (Lipinski definition) is 1. The van der Waals surface area contributed by atoms with Crippen molar-refractivity contribution in [2.24, 2.45) is 5.92 Å². The summed E-state index contributed by atoms with van der Waals surface area (Å²) >= 11 is 0. The Balaban J connectivity index is 0.00000300. The van der Waals surface area contributed by atoms with E-state index in [2.05, 4.69) is 10.3 Å². The van der Waals surface area contributed by atoms with E-state index in [1.54, 1.807) is 0 Å². The number of piperidine rings is 1. The van der Waals surface area contributed by atoms with Gasteiger partial charge in [-0.3, -0.25) is 4.98 Å². The molecule has 1 aliphatic rings. The number of likely N-dealkylation sites (tertiary alicyclic amines) is 1. The molecule has 3 rings (SSSR count). The number of carbonyl (C=O) groups excluding carboxylic acids is 1. The van der Waals surface area contributed by atoms with Crippen molar-refractivity contribution in [2.75, 3.05) is 25.0 Å². The Morgan fingerprint density at radius 2 is 2.03 bits per heavy atom. The molecule has 1 atom stereocenters. The van der Waals surface area contributed by atoms with Crippen LogP contribution in [-0.2, 0) is 11.3 Å². The van der Waals surface area contributed by atoms with Gasteiger partial charge in [-0.25, -0.2) is 18.0 Å². The fourth-order valence-corrected chi connectivity index (χ4v) is 3.07. The van der Waals surface area contributed by atoms with Gasteiger partial charge in [-0.15, -0.1) is 12.4 Å². The van der Waals surface area contributed by atoms with Crippen molar-refractivity contribution in [3.05, 3.63) is 59.7 Å². The van der Waals surface area contributed by atoms with Crippen molar-refractivity contribution in [3.63, 3.8) is 0 Å². The van der Waals surface area contributed by atoms with E-state index in [0.717, 1.165) is 22.2 Å². The highest BCUT2D eigenvalue weighted by molar-refractivity contribution is 5.85. The predicted octanol–water partition coefficient (Wildman–Crippen LogP) is 4.66. The van der Waals surface area contributed by atoms with Crippen molar-refractivity contribution < 1.29 is 22.7 Å². The van der Waals surface area contributed by atoms with Gasteiger partial charge in [-0.1, -0.05) is 29.8 Å². The minimum atomic E-state index is -3.10. The van der Waals surface area contributed by atoms with Crippen molar-refractivity contribution in [3.8, 4) is 0 Å². The van der Waals surface area contributed by atoms with E-state index in [0.29, 0.717) is 0 Å². The highest BCUT2D eigenvalue weighted by atomic mass is 35.5. The maximum absolute atomic E-state index is 14.5. The molecular formula is C20H23ClF3N3O2. The smallest absolute Gasteiger partial charge is 0.410 e. The molecule has 5 nitrogen and oxygen atoms in total. The number of alkyl halides is 2. The number of benzene rings is 1. The van der Waals surface area contributed by atoms with Crippen molar-refractivity contribution >= 4 is 24.2 Å². The first-order valence-electron chi connectivity index (χ1n) is 9.03. The van der Waals surface area contributed by atoms with Crippen LogP contribution in [0.2, 0.25) is 0 Å². The van der Waals surface area contributed by atoms with E-state index in [1.165, 1.54) is 12.3 Å². The molecule has 0 saturated carbocycles. The molecule has 0 spiro atoms. The number of anilines is 1. The van der Waals surface area contributed by atoms with E-state index < -0.39 is 30.3 Å². The number of amides is 1. The average Bonchev–Trinajstić information content (AvgIpc) is 2.67. The van der Waals surface area contributed by atoms with Crippen LogP contribution in [0.4, 0.5) is 23.7 Å². The monoisotopic (exact) mass is 429 g/mol. The molecule has 29 heavy (non-hydrogen) atoms. The van der Waals surface area contributed by atoms with Gasteiger partial charge in [0.25, 0.3) is 5.92 Å². The van der Waals surface area contributed by atoms with Gasteiger partial charge in [-0.2, -0.15) is 0 Å². The van der Waals surface area contributed by atoms with E-state index in [4.69, 9.17) is 4.74 Å². The van der Waals surface area contributed by atoms with E-state index >= 15 is 0 Å². The van der Waals surface area contributed by atoms with Gasteiger partial charge in [0.15, 0.2) is 5.82 Å². The van der Waals surface area contributed by atoms with Crippen LogP contribution in [0.5, 0.6) is 0 Å². The van der Waals surface area contributed by atoms with Crippen LogP contribution in [0.3, 0.4) is 0 Å². The number of ether oxygens (including phenoxy) is 1. The number of hydrogen-bond acceptors (Lipinski definition) is 4. The van der Waals surface area contributed by atoms with Crippen molar-refractivity contribution in [2.45, 2.75) is 25.9 Å². The summed E-state index contributed by atoms with van der Waals surface area (Å²) in [6.07, 6.45) is 1.74. The summed E-state index contributed by atoms with van der Waals surface area (Å²) < 4.78 is 47.7. The zero-order valence-electron chi connectivity index (χ0n) is 15.9. The third kappa shape index (κ3) is 6.00. The van der Waals surface area contributed by atoms with Gasteiger partial charge < -0.3 is 15.0 Å². The molecular weight excluding hydrogens is 407 g/mol. The summed E-state index contributed by atoms with van der Waals surface area (Å²) in [7, 11) is 0. The van der Waals surface area contributed by atoms with Crippen LogP contribution < -0.4 is 5.32 Å². The standard InChI is InChI=1S/C20H22F3N3O2.ClH/c1-14-2-4-15(5-3-14)12-28-19(27)26-9-7-16(20(22,23)13-26)10-25-18-6-8-24-11-17(18)21;/h2-6,8,11,16H,7,9-10,12-13H2,1H3,(H,24,25);1H. The van der Waals surface area contributed by atoms with Crippen LogP contribution in [-0.4, -0.2) is 41.5 Å². The van der Waals surface area contributed by atoms with E-state index in [1.807, 2.05) is 31.2 Å². The predicted molar refractivity (Wildman–Crippen MR) is 106 cm³/mol. The van der Waals surface area contributed by atoms with Crippen LogP contribution >= 0.6 is 12.4 Å². The Hall–Kier alpha value is -2.48. The Morgan fingerprint density at radius 1 is 1.31 bits per heavy atom. The Bertz CT molecular complexity index is 821. The number of nitrogens with one attached hydrogen (secondary N) is 1. The number of aromatic nitrogens is 1. The van der Waals surface area contributed by atoms with Crippen LogP contribution in [0.15, 0.2) is 42.7 Å². The van der Waals surface area contributed by atoms with Crippen LogP contribution in [0, 0.1) is 18.7 Å². The fourth-order valence-electron chi connectivity index (χ4n) is 3.07. The SMILES string of the molecule is Cc1ccc(COC(=O)N2CCC(CNc3ccncc3F)C(F)(F)C2)cc1.Cl. The average molecular weight is 430 g/mol. The minimum Gasteiger partial charge on any atom is -0.445 e. The Labute approximate surface area is 173 Å². The molecule has 1 aromatic carbocycles. The Morgan fingerprint density at radius 3 is 2.69 bits per heavy atom. The first kappa shape index (κ1) is 22.8. The number of aryl methyl sites for hydroxylation is 1. The lowest BCUT2D eigenvalue weighted by Gasteiger charge is -2.37. The number of rotatable bonds is 5. The van der Waals surface area contributed by atoms with Gasteiger partial charge in [0.05, 0.1) is 18.4 Å². The third-order valence-electron chi connectivity index (χ3n) is 4.80. The second kappa shape index (κ2) is 9.82. The zero-order chi connectivity index (χ0) is 20.1. The highest BCUT2D eigenvalue weighted by Crippen LogP contribution is 2.33. The molecule has 0 bridgehead atoms. The number of nitrogens with zero attached hydrogens (tertiary/aromatic N) is 2. The molecule has 1 amide bonds. The van der Waals surface area contributed by atoms with Gasteiger partial charge in [-0.05, 0) is 25.0 Å². The molecule has 1 fully saturated rings. The fraction of sp³-hybridized carbons (Fsp3) is 0.400. The van der Waals surface area contributed by atoms with Gasteiger partial charge >= 0.3 is 6.09 Å². The maximum atomic E-state index is 14.5. The molecule has 1 aliphatic heterocycles. The lowest BCUT2D eigenvalue weighted by Crippen LogP contribution is -2.52. The largest absolute Gasteiger partial charge is 0.445 e. The molecule has 158 valence electrons. The van der Waals surface area contributed by atoms with Gasteiger partial charge in [0.1, 0.15) is 6.61 Å². The molecule has 0 radical (unpaired) electrons. The maximum Gasteiger partial charge on any atom is 0.410 e. The van der Waals surface area contributed by atoms with Crippen LogP contribution in [0.1, 0.15) is 17.5 Å². The van der Waals surface area contributed by atoms with E-state index in [-0.39, 0.29) is 44.2 Å². The van der Waals surface area contributed by atoms with Crippen molar-refractivity contribution in [1.29, 1.82) is 0 Å². The number of halogens is 4. The molecule has 9 heteroatoms. The first-order valence-corrected chi connectivity index (χ1v) is 9.03. The second-order valence-electron chi connectivity index (χ2n) is 6.94. The molecule has 1 N–H and O–H groups in total. The lowest BCUT2D eigenvalue weighted by atomic mass is 9.93. The summed E-state index contributed by atoms with van der Waals surface area (Å²) in [6, 6.07) is 8.83. The topological polar surface area (TPSA) is 54.5 Å². The number of carbonyl (C=O) groups is 1. The van der Waals surface area contributed by atoms with Gasteiger partial charge in [0, 0.05) is 25.2 Å². The summed E-state index contributed by atoms with van der Waals surface area (Å²) in [5.41, 5.74) is 2.01. The van der Waals surface area contributed by atoms with Gasteiger partial charge in [0.2, 0.25) is 0 Å². The summed E-state index contributed by atoms with van der Waals surface area (Å²) in [6.45, 7) is 1.33. The molecule has 0 aliphatic carbocycles. The first-order chi connectivity index (χ1) is 13.3. The molecule has 1 unspecified atom stereocenters. The number of pyridine rings is 1. The molecule has 1 saturated heterocycles. The molecule has 1 aromatic heterocycles. The minimum absolute atomic E-state index is 0. The third-order valence-corrected chi connectivity index (χ3v) is 4.80. The summed E-state index contributed by atoms with van der Waals surface area (Å²) in [4.78, 5) is 16.8. The lowest BCUT2D eigenvalue weighted by molar-refractivity contribution is -0.101. The van der Waals surface area contributed by atoms with E-state index in [9.17, 15) is 18.0 Å².